The lowest BCUT2D eigenvalue weighted by Gasteiger charge is -2.44. The van der Waals surface area contributed by atoms with E-state index in [0.29, 0.717) is 6.61 Å². The minimum atomic E-state index is -2.78. The fourth-order valence-electron chi connectivity index (χ4n) is 5.92. The lowest BCUT2D eigenvalue weighted by molar-refractivity contribution is -0.190. The number of carbonyl (C=O) groups excluding carboxylic acids is 1. The third-order valence-electron chi connectivity index (χ3n) is 7.52. The normalized spacial score (nSPS) is 31.1. The smallest absolute Gasteiger partial charge is 0.302 e. The van der Waals surface area contributed by atoms with Crippen molar-refractivity contribution in [2.45, 2.75) is 81.6 Å². The van der Waals surface area contributed by atoms with E-state index in [-0.39, 0.29) is 23.9 Å². The fraction of sp³-hybridized carbons (Fsp3) is 0.519. The highest BCUT2D eigenvalue weighted by molar-refractivity contribution is 6.99. The number of hydrogen-bond donors (Lipinski definition) is 4. The van der Waals surface area contributed by atoms with Gasteiger partial charge in [-0.3, -0.25) is 4.79 Å². The molecule has 1 saturated heterocycles. The summed E-state index contributed by atoms with van der Waals surface area (Å²) in [5.41, 5.74) is -1.53. The SMILES string of the molecule is CC(=O)O[C@@H]1C[C@H](O)[C@]2(O)C[C@@H](CO[Si](c3ccccc3)(c3ccccc3)C(C)(C)C)N[C@@H]2[C@H]1O. The van der Waals surface area contributed by atoms with Gasteiger partial charge in [-0.2, -0.15) is 0 Å². The van der Waals surface area contributed by atoms with Crippen LogP contribution in [0.25, 0.3) is 0 Å². The topological polar surface area (TPSA) is 108 Å². The van der Waals surface area contributed by atoms with Crippen molar-refractivity contribution in [2.75, 3.05) is 6.61 Å². The van der Waals surface area contributed by atoms with E-state index >= 15 is 0 Å². The monoisotopic (exact) mass is 499 g/mol. The van der Waals surface area contributed by atoms with Crippen molar-refractivity contribution in [3.8, 4) is 0 Å². The van der Waals surface area contributed by atoms with Crippen molar-refractivity contribution in [1.29, 1.82) is 0 Å². The van der Waals surface area contributed by atoms with Gasteiger partial charge in [-0.1, -0.05) is 81.4 Å². The maximum absolute atomic E-state index is 11.5. The van der Waals surface area contributed by atoms with Crippen LogP contribution in [-0.2, 0) is 14.0 Å². The van der Waals surface area contributed by atoms with E-state index in [2.05, 4.69) is 50.4 Å². The number of rotatable bonds is 6. The van der Waals surface area contributed by atoms with Crippen LogP contribution < -0.4 is 15.7 Å². The lowest BCUT2D eigenvalue weighted by Crippen LogP contribution is -2.67. The average Bonchev–Trinajstić information content (AvgIpc) is 3.16. The minimum absolute atomic E-state index is 0.0162. The van der Waals surface area contributed by atoms with Crippen LogP contribution in [0.4, 0.5) is 0 Å². The fourth-order valence-corrected chi connectivity index (χ4v) is 10.5. The quantitative estimate of drug-likeness (QED) is 0.348. The number of fused-ring (bicyclic) bond motifs is 1. The Morgan fingerprint density at radius 3 is 2.09 bits per heavy atom. The molecule has 0 radical (unpaired) electrons. The first kappa shape index (κ1) is 26.0. The second-order valence-corrected chi connectivity index (χ2v) is 15.2. The van der Waals surface area contributed by atoms with Gasteiger partial charge in [0.25, 0.3) is 8.32 Å². The van der Waals surface area contributed by atoms with Crippen LogP contribution in [0.1, 0.15) is 40.5 Å². The van der Waals surface area contributed by atoms with Gasteiger partial charge >= 0.3 is 5.97 Å². The van der Waals surface area contributed by atoms with Crippen LogP contribution in [0.3, 0.4) is 0 Å². The molecule has 0 amide bonds. The molecule has 4 N–H and O–H groups in total. The van der Waals surface area contributed by atoms with Crippen molar-refractivity contribution in [3.05, 3.63) is 60.7 Å². The molecular weight excluding hydrogens is 462 g/mol. The standard InChI is InChI=1S/C27H37NO6Si/c1-18(29)34-22-15-23(30)27(32)16-19(28-25(27)24(22)31)17-33-35(26(2,3)4,20-11-7-5-8-12-20)21-13-9-6-10-14-21/h5-14,19,22-25,28,30-32H,15-17H2,1-4H3/t19-,22+,23-,24-,25+,27+/m0/s1. The summed E-state index contributed by atoms with van der Waals surface area (Å²) in [5.74, 6) is -0.531. The van der Waals surface area contributed by atoms with E-state index < -0.39 is 44.2 Å². The van der Waals surface area contributed by atoms with E-state index in [0.717, 1.165) is 10.4 Å². The van der Waals surface area contributed by atoms with Crippen LogP contribution in [-0.4, -0.2) is 72.2 Å². The Bertz CT molecular complexity index is 974. The van der Waals surface area contributed by atoms with E-state index in [1.807, 2.05) is 36.4 Å². The second kappa shape index (κ2) is 9.76. The summed E-state index contributed by atoms with van der Waals surface area (Å²) in [6.45, 7) is 8.16. The van der Waals surface area contributed by atoms with E-state index in [4.69, 9.17) is 9.16 Å². The zero-order chi connectivity index (χ0) is 25.4. The summed E-state index contributed by atoms with van der Waals surface area (Å²) in [6.07, 6.45) is -2.94. The Morgan fingerprint density at radius 1 is 1.06 bits per heavy atom. The predicted octanol–water partition coefficient (Wildman–Crippen LogP) is 1.08. The molecule has 1 saturated carbocycles. The third-order valence-corrected chi connectivity index (χ3v) is 12.5. The molecule has 35 heavy (non-hydrogen) atoms. The van der Waals surface area contributed by atoms with Crippen molar-refractivity contribution in [3.63, 3.8) is 0 Å². The summed E-state index contributed by atoms with van der Waals surface area (Å²) >= 11 is 0. The summed E-state index contributed by atoms with van der Waals surface area (Å²) < 4.78 is 12.2. The highest BCUT2D eigenvalue weighted by Crippen LogP contribution is 2.41. The van der Waals surface area contributed by atoms with Gasteiger partial charge in [-0.25, -0.2) is 0 Å². The van der Waals surface area contributed by atoms with Gasteiger partial charge in [0.2, 0.25) is 0 Å². The number of nitrogens with one attached hydrogen (secondary N) is 1. The largest absolute Gasteiger partial charge is 0.460 e. The van der Waals surface area contributed by atoms with Crippen LogP contribution in [0.15, 0.2) is 60.7 Å². The van der Waals surface area contributed by atoms with Crippen molar-refractivity contribution in [1.82, 2.24) is 5.32 Å². The predicted molar refractivity (Wildman–Crippen MR) is 136 cm³/mol. The molecule has 0 unspecified atom stereocenters. The summed E-state index contributed by atoms with van der Waals surface area (Å²) in [6, 6.07) is 19.5. The molecule has 7 nitrogen and oxygen atoms in total. The molecule has 4 rings (SSSR count). The van der Waals surface area contributed by atoms with Crippen molar-refractivity contribution < 1.29 is 29.3 Å². The third kappa shape index (κ3) is 4.71. The Labute approximate surface area is 208 Å². The molecule has 0 spiro atoms. The Kier molecular flexibility index (Phi) is 7.25. The van der Waals surface area contributed by atoms with Crippen LogP contribution in [0, 0.1) is 0 Å². The zero-order valence-electron chi connectivity index (χ0n) is 20.8. The van der Waals surface area contributed by atoms with Gasteiger partial charge in [0.1, 0.15) is 17.8 Å². The molecule has 1 aliphatic heterocycles. The Balaban J connectivity index is 1.63. The van der Waals surface area contributed by atoms with Crippen molar-refractivity contribution in [2.24, 2.45) is 0 Å². The van der Waals surface area contributed by atoms with E-state index in [1.165, 1.54) is 6.92 Å². The summed E-state index contributed by atoms with van der Waals surface area (Å²) in [5, 5.41) is 38.3. The van der Waals surface area contributed by atoms with Gasteiger partial charge in [-0.05, 0) is 21.8 Å². The molecule has 1 aliphatic carbocycles. The molecule has 2 aromatic carbocycles. The van der Waals surface area contributed by atoms with Gasteiger partial charge in [0.05, 0.1) is 18.8 Å². The minimum Gasteiger partial charge on any atom is -0.460 e. The van der Waals surface area contributed by atoms with Gasteiger partial charge < -0.3 is 29.8 Å². The van der Waals surface area contributed by atoms with Gasteiger partial charge in [0, 0.05) is 19.4 Å². The first-order valence-electron chi connectivity index (χ1n) is 12.3. The summed E-state index contributed by atoms with van der Waals surface area (Å²) in [4.78, 5) is 11.5. The lowest BCUT2D eigenvalue weighted by atomic mass is 9.75. The molecule has 1 heterocycles. The molecule has 0 aromatic heterocycles. The highest BCUT2D eigenvalue weighted by Gasteiger charge is 2.60. The Morgan fingerprint density at radius 2 is 1.60 bits per heavy atom. The Hall–Kier alpha value is -2.07. The van der Waals surface area contributed by atoms with E-state index in [1.54, 1.807) is 0 Å². The molecule has 190 valence electrons. The number of ether oxygens (including phenoxy) is 1. The van der Waals surface area contributed by atoms with Crippen molar-refractivity contribution >= 4 is 24.7 Å². The van der Waals surface area contributed by atoms with Gasteiger partial charge in [0.15, 0.2) is 0 Å². The summed E-state index contributed by atoms with van der Waals surface area (Å²) in [7, 11) is -2.78. The maximum atomic E-state index is 11.5. The molecule has 2 aliphatic rings. The molecule has 0 bridgehead atoms. The second-order valence-electron chi connectivity index (χ2n) is 10.9. The first-order valence-corrected chi connectivity index (χ1v) is 14.2. The number of aliphatic hydroxyl groups is 3. The van der Waals surface area contributed by atoms with Crippen LogP contribution in [0.5, 0.6) is 0 Å². The number of carbonyl (C=O) groups is 1. The molecule has 2 aromatic rings. The molecular formula is C27H37NO6Si. The van der Waals surface area contributed by atoms with E-state index in [9.17, 15) is 20.1 Å². The number of aliphatic hydroxyl groups excluding tert-OH is 2. The molecule has 8 heteroatoms. The highest BCUT2D eigenvalue weighted by atomic mass is 28.4. The first-order chi connectivity index (χ1) is 16.5. The van der Waals surface area contributed by atoms with Crippen LogP contribution in [0.2, 0.25) is 5.04 Å². The van der Waals surface area contributed by atoms with Crippen LogP contribution >= 0.6 is 0 Å². The zero-order valence-corrected chi connectivity index (χ0v) is 21.8. The number of hydrogen-bond acceptors (Lipinski definition) is 7. The molecule has 2 fully saturated rings. The van der Waals surface area contributed by atoms with Gasteiger partial charge in [-0.15, -0.1) is 0 Å². The number of esters is 1. The number of benzene rings is 2. The average molecular weight is 500 g/mol. The molecule has 6 atom stereocenters. The maximum Gasteiger partial charge on any atom is 0.302 e.